The average molecular weight is 144 g/mol. The molecule has 0 aromatic rings. The highest BCUT2D eigenvalue weighted by atomic mass is 16.6. The van der Waals surface area contributed by atoms with E-state index in [0.29, 0.717) is 0 Å². The fourth-order valence-electron chi connectivity index (χ4n) is 0.735. The summed E-state index contributed by atoms with van der Waals surface area (Å²) in [6.07, 6.45) is 6.05. The van der Waals surface area contributed by atoms with Crippen LogP contribution < -0.4 is 0 Å². The van der Waals surface area contributed by atoms with Crippen molar-refractivity contribution in [3.8, 4) is 0 Å². The van der Waals surface area contributed by atoms with E-state index in [-0.39, 0.29) is 11.5 Å². The molecule has 0 fully saturated rings. The Morgan fingerprint density at radius 3 is 2.70 bits per heavy atom. The molecule has 3 nitrogen and oxygen atoms in total. The molecule has 59 valence electrons. The highest BCUT2D eigenvalue weighted by Crippen LogP contribution is 2.00. The lowest BCUT2D eigenvalue weighted by Gasteiger charge is -1.93. The van der Waals surface area contributed by atoms with Crippen molar-refractivity contribution in [3.63, 3.8) is 0 Å². The van der Waals surface area contributed by atoms with Gasteiger partial charge in [-0.3, -0.25) is 10.1 Å². The first-order valence-corrected chi connectivity index (χ1v) is 3.70. The molecule has 0 bridgehead atoms. The van der Waals surface area contributed by atoms with Crippen LogP contribution in [-0.2, 0) is 0 Å². The number of rotatable bonds is 6. The van der Waals surface area contributed by atoms with Crippen LogP contribution in [0.5, 0.6) is 0 Å². The Bertz CT molecular complexity index is 93.6. The minimum Gasteiger partial charge on any atom is -0.265 e. The standard InChI is InChI=1S/C7H14NO2/c1-2-3-4-5-6-7-8(9)10/h6H,2-5,7H2,1H3. The van der Waals surface area contributed by atoms with E-state index in [1.54, 1.807) is 6.42 Å². The normalized spacial score (nSPS) is 9.70. The number of hydrogen-bond donors (Lipinski definition) is 0. The van der Waals surface area contributed by atoms with E-state index in [2.05, 4.69) is 6.92 Å². The molecule has 0 atom stereocenters. The summed E-state index contributed by atoms with van der Waals surface area (Å²) in [4.78, 5) is 9.51. The molecule has 0 saturated carbocycles. The Labute approximate surface area is 61.6 Å². The van der Waals surface area contributed by atoms with E-state index >= 15 is 0 Å². The minimum atomic E-state index is -0.300. The molecule has 10 heavy (non-hydrogen) atoms. The summed E-state index contributed by atoms with van der Waals surface area (Å²) in [5.41, 5.74) is 0. The molecule has 0 spiro atoms. The SMILES string of the molecule is CCCCC[CH]C[N+](=O)[O-]. The fourth-order valence-corrected chi connectivity index (χ4v) is 0.735. The molecular weight excluding hydrogens is 130 g/mol. The van der Waals surface area contributed by atoms with Crippen molar-refractivity contribution in [2.75, 3.05) is 6.54 Å². The zero-order valence-corrected chi connectivity index (χ0v) is 6.38. The largest absolute Gasteiger partial charge is 0.265 e. The summed E-state index contributed by atoms with van der Waals surface area (Å²) in [6, 6.07) is 0. The Kier molecular flexibility index (Phi) is 6.13. The molecule has 0 saturated heterocycles. The van der Waals surface area contributed by atoms with Crippen molar-refractivity contribution in [1.82, 2.24) is 0 Å². The van der Waals surface area contributed by atoms with Gasteiger partial charge in [0.25, 0.3) is 0 Å². The van der Waals surface area contributed by atoms with E-state index in [1.165, 1.54) is 12.8 Å². The maximum atomic E-state index is 9.81. The Hall–Kier alpha value is -0.600. The summed E-state index contributed by atoms with van der Waals surface area (Å²) in [5.74, 6) is 0. The van der Waals surface area contributed by atoms with Crippen molar-refractivity contribution in [3.05, 3.63) is 16.5 Å². The Morgan fingerprint density at radius 1 is 1.50 bits per heavy atom. The van der Waals surface area contributed by atoms with Crippen LogP contribution in [0, 0.1) is 16.5 Å². The van der Waals surface area contributed by atoms with Gasteiger partial charge in [-0.2, -0.15) is 0 Å². The van der Waals surface area contributed by atoms with Crippen molar-refractivity contribution < 1.29 is 4.92 Å². The quantitative estimate of drug-likeness (QED) is 0.325. The molecular formula is C7H14NO2. The highest BCUT2D eigenvalue weighted by Gasteiger charge is 1.95. The number of hydrogen-bond acceptors (Lipinski definition) is 2. The second-order valence-electron chi connectivity index (χ2n) is 2.30. The van der Waals surface area contributed by atoms with Crippen molar-refractivity contribution in [1.29, 1.82) is 0 Å². The molecule has 0 aliphatic heterocycles. The van der Waals surface area contributed by atoms with Crippen LogP contribution in [0.25, 0.3) is 0 Å². The maximum Gasteiger partial charge on any atom is 0.207 e. The predicted molar refractivity (Wildman–Crippen MR) is 40.3 cm³/mol. The van der Waals surface area contributed by atoms with E-state index in [4.69, 9.17) is 0 Å². The lowest BCUT2D eigenvalue weighted by molar-refractivity contribution is -0.472. The number of nitro groups is 1. The van der Waals surface area contributed by atoms with Crippen LogP contribution in [0.1, 0.15) is 32.6 Å². The van der Waals surface area contributed by atoms with Gasteiger partial charge in [0.15, 0.2) is 0 Å². The molecule has 0 aliphatic carbocycles. The van der Waals surface area contributed by atoms with Crippen LogP contribution in [0.2, 0.25) is 0 Å². The Balaban J connectivity index is 2.84. The molecule has 0 N–H and O–H groups in total. The third-order valence-electron chi connectivity index (χ3n) is 1.29. The summed E-state index contributed by atoms with van der Waals surface area (Å²) in [5, 5.41) is 9.81. The van der Waals surface area contributed by atoms with Gasteiger partial charge in [0.2, 0.25) is 6.54 Å². The Morgan fingerprint density at radius 2 is 2.20 bits per heavy atom. The summed E-state index contributed by atoms with van der Waals surface area (Å²) >= 11 is 0. The first-order chi connectivity index (χ1) is 4.77. The van der Waals surface area contributed by atoms with Crippen LogP contribution in [-0.4, -0.2) is 11.5 Å². The van der Waals surface area contributed by atoms with Gasteiger partial charge in [0, 0.05) is 11.3 Å². The third kappa shape index (κ3) is 7.40. The topological polar surface area (TPSA) is 43.1 Å². The van der Waals surface area contributed by atoms with Crippen LogP contribution in [0.15, 0.2) is 0 Å². The van der Waals surface area contributed by atoms with E-state index < -0.39 is 0 Å². The van der Waals surface area contributed by atoms with E-state index in [1.807, 2.05) is 0 Å². The van der Waals surface area contributed by atoms with Crippen LogP contribution in [0.4, 0.5) is 0 Å². The lowest BCUT2D eigenvalue weighted by atomic mass is 10.2. The average Bonchev–Trinajstić information content (AvgIpc) is 1.87. The minimum absolute atomic E-state index is 0.0176. The molecule has 0 amide bonds. The molecule has 0 rings (SSSR count). The molecule has 0 aliphatic rings. The highest BCUT2D eigenvalue weighted by molar-refractivity contribution is 4.61. The molecule has 1 radical (unpaired) electrons. The second-order valence-corrected chi connectivity index (χ2v) is 2.30. The molecule has 0 unspecified atom stereocenters. The predicted octanol–water partition coefficient (Wildman–Crippen LogP) is 2.05. The van der Waals surface area contributed by atoms with Crippen LogP contribution >= 0.6 is 0 Å². The lowest BCUT2D eigenvalue weighted by Crippen LogP contribution is -2.00. The molecule has 3 heteroatoms. The molecule has 0 heterocycles. The van der Waals surface area contributed by atoms with Gasteiger partial charge in [0.1, 0.15) is 0 Å². The van der Waals surface area contributed by atoms with Gasteiger partial charge in [0.05, 0.1) is 0 Å². The van der Waals surface area contributed by atoms with Gasteiger partial charge >= 0.3 is 0 Å². The van der Waals surface area contributed by atoms with E-state index in [0.717, 1.165) is 12.8 Å². The van der Waals surface area contributed by atoms with E-state index in [9.17, 15) is 10.1 Å². The second kappa shape index (κ2) is 6.52. The monoisotopic (exact) mass is 144 g/mol. The maximum absolute atomic E-state index is 9.81. The van der Waals surface area contributed by atoms with Gasteiger partial charge < -0.3 is 0 Å². The zero-order chi connectivity index (χ0) is 7.82. The van der Waals surface area contributed by atoms with Crippen molar-refractivity contribution >= 4 is 0 Å². The van der Waals surface area contributed by atoms with Crippen molar-refractivity contribution in [2.24, 2.45) is 0 Å². The summed E-state index contributed by atoms with van der Waals surface area (Å²) < 4.78 is 0. The van der Waals surface area contributed by atoms with Gasteiger partial charge in [-0.25, -0.2) is 0 Å². The summed E-state index contributed by atoms with van der Waals surface area (Å²) in [6.45, 7) is 2.14. The zero-order valence-electron chi connectivity index (χ0n) is 6.38. The number of nitrogens with zero attached hydrogens (tertiary/aromatic N) is 1. The first-order valence-electron chi connectivity index (χ1n) is 3.70. The van der Waals surface area contributed by atoms with Gasteiger partial charge in [-0.1, -0.05) is 26.2 Å². The molecule has 0 aromatic heterocycles. The fraction of sp³-hybridized carbons (Fsp3) is 0.857. The van der Waals surface area contributed by atoms with Crippen molar-refractivity contribution in [2.45, 2.75) is 32.6 Å². The first kappa shape index (κ1) is 9.40. The summed E-state index contributed by atoms with van der Waals surface area (Å²) in [7, 11) is 0. The van der Waals surface area contributed by atoms with Gasteiger partial charge in [-0.15, -0.1) is 0 Å². The van der Waals surface area contributed by atoms with Crippen LogP contribution in [0.3, 0.4) is 0 Å². The third-order valence-corrected chi connectivity index (χ3v) is 1.29. The molecule has 0 aromatic carbocycles. The number of unbranched alkanes of at least 4 members (excludes halogenated alkanes) is 4. The smallest absolute Gasteiger partial charge is 0.207 e. The van der Waals surface area contributed by atoms with Gasteiger partial charge in [-0.05, 0) is 6.42 Å².